The molecule has 2 aromatic rings. The van der Waals surface area contributed by atoms with Gasteiger partial charge in [-0.25, -0.2) is 22.8 Å². The van der Waals surface area contributed by atoms with E-state index in [0.717, 1.165) is 11.4 Å². The molecule has 0 saturated carbocycles. The van der Waals surface area contributed by atoms with Crippen molar-refractivity contribution in [2.75, 3.05) is 24.2 Å². The van der Waals surface area contributed by atoms with Crippen LogP contribution in [0.3, 0.4) is 0 Å². The Balaban J connectivity index is 1.99. The van der Waals surface area contributed by atoms with E-state index in [-0.39, 0.29) is 5.75 Å². The Morgan fingerprint density at radius 1 is 1.23 bits per heavy atom. The fraction of sp³-hybridized carbons (Fsp3) is 0.462. The lowest BCUT2D eigenvalue weighted by molar-refractivity contribution is 0.584. The number of rotatable bonds is 7. The van der Waals surface area contributed by atoms with Crippen LogP contribution in [-0.2, 0) is 10.0 Å². The van der Waals surface area contributed by atoms with Crippen LogP contribution in [0.25, 0.3) is 5.82 Å². The third-order valence-corrected chi connectivity index (χ3v) is 4.39. The molecule has 0 amide bonds. The molecule has 9 heteroatoms. The maximum atomic E-state index is 11.3. The molecule has 0 bridgehead atoms. The average Bonchev–Trinajstić information content (AvgIpc) is 2.83. The zero-order valence-corrected chi connectivity index (χ0v) is 13.7. The van der Waals surface area contributed by atoms with Crippen LogP contribution in [0.2, 0.25) is 0 Å². The number of anilines is 1. The first-order valence-corrected chi connectivity index (χ1v) is 8.63. The second-order valence-electron chi connectivity index (χ2n) is 4.83. The summed E-state index contributed by atoms with van der Waals surface area (Å²) in [6, 6.07) is 1.96. The minimum Gasteiger partial charge on any atom is -0.367 e. The van der Waals surface area contributed by atoms with Gasteiger partial charge in [-0.3, -0.25) is 4.98 Å². The molecule has 2 heterocycles. The van der Waals surface area contributed by atoms with E-state index in [1.807, 2.05) is 19.9 Å². The van der Waals surface area contributed by atoms with Gasteiger partial charge < -0.3 is 5.32 Å². The lowest BCUT2D eigenvalue weighted by Gasteiger charge is -2.08. The summed E-state index contributed by atoms with van der Waals surface area (Å²) in [6.07, 6.45) is 3.22. The molecule has 0 unspecified atom stereocenters. The third kappa shape index (κ3) is 4.25. The van der Waals surface area contributed by atoms with E-state index in [2.05, 4.69) is 25.1 Å². The largest absolute Gasteiger partial charge is 0.367 e. The molecule has 0 saturated heterocycles. The average molecular weight is 324 g/mol. The summed E-state index contributed by atoms with van der Waals surface area (Å²) in [5.74, 6) is 1.26. The summed E-state index contributed by atoms with van der Waals surface area (Å²) in [7, 11) is -3.17. The van der Waals surface area contributed by atoms with Crippen LogP contribution < -0.4 is 10.0 Å². The molecule has 22 heavy (non-hydrogen) atoms. The van der Waals surface area contributed by atoms with Crippen LogP contribution in [0.15, 0.2) is 18.5 Å². The van der Waals surface area contributed by atoms with Crippen molar-refractivity contribution < 1.29 is 8.42 Å². The second kappa shape index (κ2) is 6.84. The van der Waals surface area contributed by atoms with Gasteiger partial charge in [0.25, 0.3) is 0 Å². The van der Waals surface area contributed by atoms with Crippen LogP contribution in [0, 0.1) is 13.8 Å². The van der Waals surface area contributed by atoms with E-state index in [1.165, 1.54) is 0 Å². The highest BCUT2D eigenvalue weighted by atomic mass is 32.2. The van der Waals surface area contributed by atoms with Gasteiger partial charge in [0.2, 0.25) is 10.0 Å². The first-order chi connectivity index (χ1) is 10.4. The van der Waals surface area contributed by atoms with Gasteiger partial charge in [0.15, 0.2) is 5.82 Å². The Bertz CT molecular complexity index is 741. The van der Waals surface area contributed by atoms with Gasteiger partial charge in [-0.05, 0) is 26.8 Å². The maximum absolute atomic E-state index is 11.3. The second-order valence-corrected chi connectivity index (χ2v) is 6.92. The zero-order valence-electron chi connectivity index (χ0n) is 12.9. The molecule has 8 nitrogen and oxygen atoms in total. The molecule has 0 spiro atoms. The summed E-state index contributed by atoms with van der Waals surface area (Å²) in [6.45, 7) is 6.18. The standard InChI is InChI=1S/C13H20N6O2S/c1-4-22(20,21)16-6-5-15-12-8-14-9-13(17-12)19-11(3)7-10(2)18-19/h7-9,16H,4-6H2,1-3H3,(H,15,17). The Hall–Kier alpha value is -2.00. The van der Waals surface area contributed by atoms with E-state index in [1.54, 1.807) is 24.0 Å². The number of hydrogen-bond acceptors (Lipinski definition) is 6. The Morgan fingerprint density at radius 2 is 2.00 bits per heavy atom. The molecule has 2 N–H and O–H groups in total. The van der Waals surface area contributed by atoms with E-state index in [9.17, 15) is 8.42 Å². The van der Waals surface area contributed by atoms with Crippen LogP contribution in [0.1, 0.15) is 18.3 Å². The summed E-state index contributed by atoms with van der Waals surface area (Å²) in [5, 5.41) is 7.39. The number of nitrogens with zero attached hydrogens (tertiary/aromatic N) is 4. The summed E-state index contributed by atoms with van der Waals surface area (Å²) in [5.41, 5.74) is 1.88. The van der Waals surface area contributed by atoms with Crippen molar-refractivity contribution in [3.8, 4) is 5.82 Å². The molecule has 0 radical (unpaired) electrons. The molecule has 0 atom stereocenters. The topological polar surface area (TPSA) is 102 Å². The first kappa shape index (κ1) is 16.4. The van der Waals surface area contributed by atoms with Crippen molar-refractivity contribution in [2.24, 2.45) is 0 Å². The fourth-order valence-corrected chi connectivity index (χ4v) is 2.52. The minimum absolute atomic E-state index is 0.0697. The predicted octanol–water partition coefficient (Wildman–Crippen LogP) is 0.630. The van der Waals surface area contributed by atoms with Crippen molar-refractivity contribution in [3.63, 3.8) is 0 Å². The molecule has 0 fully saturated rings. The molecule has 0 aliphatic heterocycles. The summed E-state index contributed by atoms with van der Waals surface area (Å²) >= 11 is 0. The predicted molar refractivity (Wildman–Crippen MR) is 84.6 cm³/mol. The molecular formula is C13H20N6O2S. The molecule has 2 rings (SSSR count). The van der Waals surface area contributed by atoms with Gasteiger partial charge in [-0.15, -0.1) is 0 Å². The minimum atomic E-state index is -3.17. The monoisotopic (exact) mass is 324 g/mol. The highest BCUT2D eigenvalue weighted by Gasteiger charge is 2.07. The highest BCUT2D eigenvalue weighted by molar-refractivity contribution is 7.89. The Labute approximate surface area is 130 Å². The zero-order chi connectivity index (χ0) is 16.2. The van der Waals surface area contributed by atoms with Gasteiger partial charge in [0.1, 0.15) is 5.82 Å². The number of sulfonamides is 1. The Kier molecular flexibility index (Phi) is 5.09. The van der Waals surface area contributed by atoms with Crippen molar-refractivity contribution in [3.05, 3.63) is 29.8 Å². The smallest absolute Gasteiger partial charge is 0.211 e. The van der Waals surface area contributed by atoms with E-state index in [0.29, 0.717) is 24.7 Å². The molecule has 120 valence electrons. The first-order valence-electron chi connectivity index (χ1n) is 6.98. The fourth-order valence-electron chi connectivity index (χ4n) is 1.90. The summed E-state index contributed by atoms with van der Waals surface area (Å²) < 4.78 is 26.8. The van der Waals surface area contributed by atoms with E-state index < -0.39 is 10.0 Å². The number of nitrogens with one attached hydrogen (secondary N) is 2. The maximum Gasteiger partial charge on any atom is 0.211 e. The normalized spacial score (nSPS) is 11.6. The van der Waals surface area contributed by atoms with Gasteiger partial charge in [-0.1, -0.05) is 0 Å². The van der Waals surface area contributed by atoms with E-state index in [4.69, 9.17) is 0 Å². The van der Waals surface area contributed by atoms with Crippen LogP contribution in [0.5, 0.6) is 0 Å². The number of aryl methyl sites for hydroxylation is 2. The van der Waals surface area contributed by atoms with Crippen molar-refractivity contribution >= 4 is 15.8 Å². The lowest BCUT2D eigenvalue weighted by atomic mass is 10.4. The van der Waals surface area contributed by atoms with Gasteiger partial charge in [-0.2, -0.15) is 5.10 Å². The van der Waals surface area contributed by atoms with Crippen molar-refractivity contribution in [1.82, 2.24) is 24.5 Å². The third-order valence-electron chi connectivity index (χ3n) is 2.98. The Morgan fingerprint density at radius 3 is 2.64 bits per heavy atom. The molecule has 0 aliphatic carbocycles. The molecule has 0 aromatic carbocycles. The van der Waals surface area contributed by atoms with Crippen molar-refractivity contribution in [2.45, 2.75) is 20.8 Å². The molecule has 0 aliphatic rings. The van der Waals surface area contributed by atoms with E-state index >= 15 is 0 Å². The van der Waals surface area contributed by atoms with Gasteiger partial charge >= 0.3 is 0 Å². The molecular weight excluding hydrogens is 304 g/mol. The SMILES string of the molecule is CCS(=O)(=O)NCCNc1cncc(-n2nc(C)cc2C)n1. The molecule has 2 aromatic heterocycles. The lowest BCUT2D eigenvalue weighted by Crippen LogP contribution is -2.30. The van der Waals surface area contributed by atoms with Gasteiger partial charge in [0, 0.05) is 18.8 Å². The van der Waals surface area contributed by atoms with Crippen LogP contribution in [-0.4, -0.2) is 47.0 Å². The van der Waals surface area contributed by atoms with Crippen LogP contribution in [0.4, 0.5) is 5.82 Å². The summed E-state index contributed by atoms with van der Waals surface area (Å²) in [4.78, 5) is 8.55. The number of hydrogen-bond donors (Lipinski definition) is 2. The van der Waals surface area contributed by atoms with Crippen molar-refractivity contribution in [1.29, 1.82) is 0 Å². The van der Waals surface area contributed by atoms with Crippen LogP contribution >= 0.6 is 0 Å². The highest BCUT2D eigenvalue weighted by Crippen LogP contribution is 2.10. The van der Waals surface area contributed by atoms with Gasteiger partial charge in [0.05, 0.1) is 23.8 Å². The quantitative estimate of drug-likeness (QED) is 0.724. The number of aromatic nitrogens is 4.